The van der Waals surface area contributed by atoms with Crippen LogP contribution in [0.2, 0.25) is 0 Å². The van der Waals surface area contributed by atoms with E-state index in [0.717, 1.165) is 5.56 Å². The normalized spacial score (nSPS) is 13.6. The molecule has 0 aliphatic rings. The van der Waals surface area contributed by atoms with Crippen molar-refractivity contribution in [2.75, 3.05) is 11.8 Å². The molecule has 1 rings (SSSR count). The molecular formula is C10H14BrNO4S. The molecule has 1 atom stereocenters. The minimum atomic E-state index is -3.26. The number of nitrogens with one attached hydrogen (secondary N) is 1. The molecule has 1 aromatic rings. The number of methoxy groups -OCH3 is 1. The van der Waals surface area contributed by atoms with Gasteiger partial charge in [0.25, 0.3) is 0 Å². The number of sulfonamides is 1. The van der Waals surface area contributed by atoms with E-state index in [4.69, 9.17) is 4.74 Å². The van der Waals surface area contributed by atoms with Gasteiger partial charge in [-0.05, 0) is 5.56 Å². The Balaban J connectivity index is 2.63. The Hall–Kier alpha value is -0.470. The molecule has 0 aromatic heterocycles. The molecule has 2 N–H and O–H groups in total. The Bertz CT molecular complexity index is 446. The van der Waals surface area contributed by atoms with Crippen LogP contribution in [0.4, 0.5) is 0 Å². The molecule has 0 spiro atoms. The van der Waals surface area contributed by atoms with Crippen molar-refractivity contribution in [3.63, 3.8) is 0 Å². The van der Waals surface area contributed by atoms with E-state index in [0.29, 0.717) is 5.56 Å². The smallest absolute Gasteiger partial charge is 0.221 e. The van der Waals surface area contributed by atoms with Crippen molar-refractivity contribution in [2.24, 2.45) is 0 Å². The molecule has 7 heteroatoms. The summed E-state index contributed by atoms with van der Waals surface area (Å²) in [6.45, 7) is 0.220. The standard InChI is InChI=1S/C10H14BrNO4S/c1-16-10(13)9-4-2-8(3-5-9)6-12-17(14,15)7-11/h2-5,10,12-13H,6-7H2,1H3. The average Bonchev–Trinajstić information content (AvgIpc) is 2.36. The Morgan fingerprint density at radius 3 is 2.47 bits per heavy atom. The molecule has 1 unspecified atom stereocenters. The monoisotopic (exact) mass is 323 g/mol. The lowest BCUT2D eigenvalue weighted by Crippen LogP contribution is -2.23. The first-order chi connectivity index (χ1) is 7.98. The van der Waals surface area contributed by atoms with E-state index in [1.165, 1.54) is 7.11 Å². The van der Waals surface area contributed by atoms with E-state index in [1.807, 2.05) is 0 Å². The summed E-state index contributed by atoms with van der Waals surface area (Å²) in [4.78, 5) is 0. The van der Waals surface area contributed by atoms with Crippen LogP contribution in [-0.2, 0) is 21.3 Å². The summed E-state index contributed by atoms with van der Waals surface area (Å²) in [7, 11) is -1.85. The second-order valence-corrected chi connectivity index (χ2v) is 6.48. The maximum Gasteiger partial charge on any atom is 0.221 e. The Kier molecular flexibility index (Phi) is 5.54. The Morgan fingerprint density at radius 1 is 1.41 bits per heavy atom. The fourth-order valence-corrected chi connectivity index (χ4v) is 2.12. The maximum absolute atomic E-state index is 11.2. The molecule has 96 valence electrons. The molecule has 0 bridgehead atoms. The van der Waals surface area contributed by atoms with Crippen LogP contribution in [0.1, 0.15) is 17.4 Å². The predicted molar refractivity (Wildman–Crippen MR) is 68.0 cm³/mol. The molecule has 0 aliphatic heterocycles. The van der Waals surface area contributed by atoms with Gasteiger partial charge >= 0.3 is 0 Å². The lowest BCUT2D eigenvalue weighted by atomic mass is 10.1. The number of rotatable bonds is 6. The van der Waals surface area contributed by atoms with Gasteiger partial charge in [0.15, 0.2) is 6.29 Å². The number of aliphatic hydroxyl groups excluding tert-OH is 1. The van der Waals surface area contributed by atoms with E-state index in [9.17, 15) is 13.5 Å². The van der Waals surface area contributed by atoms with Crippen LogP contribution < -0.4 is 4.72 Å². The van der Waals surface area contributed by atoms with Crippen molar-refractivity contribution < 1.29 is 18.3 Å². The molecule has 0 aliphatic carbocycles. The second-order valence-electron chi connectivity index (χ2n) is 3.37. The summed E-state index contributed by atoms with van der Waals surface area (Å²) in [5.74, 6) is 0. The van der Waals surface area contributed by atoms with Crippen LogP contribution in [0.15, 0.2) is 24.3 Å². The average molecular weight is 324 g/mol. The van der Waals surface area contributed by atoms with Gasteiger partial charge in [-0.15, -0.1) is 0 Å². The second kappa shape index (κ2) is 6.46. The topological polar surface area (TPSA) is 75.6 Å². The first-order valence-corrected chi connectivity index (χ1v) is 7.59. The number of halogens is 1. The molecule has 0 amide bonds. The van der Waals surface area contributed by atoms with Gasteiger partial charge in [-0.2, -0.15) is 0 Å². The zero-order valence-electron chi connectivity index (χ0n) is 9.26. The van der Waals surface area contributed by atoms with Crippen LogP contribution in [0, 0.1) is 0 Å². The quantitative estimate of drug-likeness (QED) is 0.607. The van der Waals surface area contributed by atoms with Gasteiger partial charge in [0, 0.05) is 19.2 Å². The number of alkyl halides is 1. The van der Waals surface area contributed by atoms with Crippen LogP contribution >= 0.6 is 15.9 Å². The summed E-state index contributed by atoms with van der Waals surface area (Å²) in [6.07, 6.45) is -0.955. The highest BCUT2D eigenvalue weighted by Crippen LogP contribution is 2.14. The summed E-state index contributed by atoms with van der Waals surface area (Å²) >= 11 is 2.88. The number of hydrogen-bond acceptors (Lipinski definition) is 4. The van der Waals surface area contributed by atoms with Crippen molar-refractivity contribution in [1.82, 2.24) is 4.72 Å². The number of hydrogen-bond donors (Lipinski definition) is 2. The van der Waals surface area contributed by atoms with Crippen LogP contribution in [0.3, 0.4) is 0 Å². The highest BCUT2D eigenvalue weighted by Gasteiger charge is 2.08. The van der Waals surface area contributed by atoms with Gasteiger partial charge in [0.05, 0.1) is 0 Å². The van der Waals surface area contributed by atoms with Gasteiger partial charge in [0.2, 0.25) is 10.0 Å². The highest BCUT2D eigenvalue weighted by molar-refractivity contribution is 9.10. The van der Waals surface area contributed by atoms with Gasteiger partial charge in [-0.25, -0.2) is 13.1 Å². The van der Waals surface area contributed by atoms with E-state index >= 15 is 0 Å². The first kappa shape index (κ1) is 14.6. The summed E-state index contributed by atoms with van der Waals surface area (Å²) in [6, 6.07) is 6.83. The lowest BCUT2D eigenvalue weighted by Gasteiger charge is -2.09. The molecule has 17 heavy (non-hydrogen) atoms. The summed E-state index contributed by atoms with van der Waals surface area (Å²) in [5, 5.41) is 9.38. The molecule has 0 saturated carbocycles. The molecular weight excluding hydrogens is 310 g/mol. The van der Waals surface area contributed by atoms with E-state index in [1.54, 1.807) is 24.3 Å². The third kappa shape index (κ3) is 4.72. The van der Waals surface area contributed by atoms with Crippen molar-refractivity contribution in [1.29, 1.82) is 0 Å². The fraction of sp³-hybridized carbons (Fsp3) is 0.400. The van der Waals surface area contributed by atoms with E-state index < -0.39 is 16.3 Å². The first-order valence-electron chi connectivity index (χ1n) is 4.81. The van der Waals surface area contributed by atoms with E-state index in [2.05, 4.69) is 20.7 Å². The van der Waals surface area contributed by atoms with Gasteiger partial charge in [-0.3, -0.25) is 0 Å². The van der Waals surface area contributed by atoms with Crippen molar-refractivity contribution in [3.05, 3.63) is 35.4 Å². The lowest BCUT2D eigenvalue weighted by molar-refractivity contribution is -0.0769. The summed E-state index contributed by atoms with van der Waals surface area (Å²) in [5.41, 5.74) is 1.43. The Labute approximate surface area is 109 Å². The van der Waals surface area contributed by atoms with Crippen molar-refractivity contribution in [2.45, 2.75) is 12.8 Å². The minimum absolute atomic E-state index is 0.125. The third-order valence-corrected chi connectivity index (χ3v) is 4.81. The molecule has 0 fully saturated rings. The molecule has 1 aromatic carbocycles. The van der Waals surface area contributed by atoms with Gasteiger partial charge in [0.1, 0.15) is 4.66 Å². The minimum Gasteiger partial charge on any atom is -0.364 e. The molecule has 0 saturated heterocycles. The number of ether oxygens (including phenoxy) is 1. The summed E-state index contributed by atoms with van der Waals surface area (Å²) < 4.78 is 29.4. The zero-order chi connectivity index (χ0) is 12.9. The van der Waals surface area contributed by atoms with Crippen molar-refractivity contribution in [3.8, 4) is 0 Å². The SMILES string of the molecule is COC(O)c1ccc(CNS(=O)(=O)CBr)cc1. The largest absolute Gasteiger partial charge is 0.364 e. The molecule has 5 nitrogen and oxygen atoms in total. The maximum atomic E-state index is 11.2. The van der Waals surface area contributed by atoms with E-state index in [-0.39, 0.29) is 11.2 Å². The predicted octanol–water partition coefficient (Wildman–Crippen LogP) is 1.10. The molecule has 0 heterocycles. The molecule has 0 radical (unpaired) electrons. The van der Waals surface area contributed by atoms with Gasteiger partial charge < -0.3 is 9.84 Å². The number of aliphatic hydroxyl groups is 1. The Morgan fingerprint density at radius 2 is 2.00 bits per heavy atom. The van der Waals surface area contributed by atoms with Crippen LogP contribution in [0.5, 0.6) is 0 Å². The van der Waals surface area contributed by atoms with Crippen LogP contribution in [-0.4, -0.2) is 25.3 Å². The van der Waals surface area contributed by atoms with Crippen LogP contribution in [0.25, 0.3) is 0 Å². The highest BCUT2D eigenvalue weighted by atomic mass is 79.9. The zero-order valence-corrected chi connectivity index (χ0v) is 11.7. The van der Waals surface area contributed by atoms with Crippen molar-refractivity contribution >= 4 is 26.0 Å². The number of benzene rings is 1. The third-order valence-electron chi connectivity index (χ3n) is 2.13. The van der Waals surface area contributed by atoms with Gasteiger partial charge in [-0.1, -0.05) is 40.2 Å². The fourth-order valence-electron chi connectivity index (χ4n) is 1.17.